The van der Waals surface area contributed by atoms with Crippen LogP contribution >= 0.6 is 0 Å². The van der Waals surface area contributed by atoms with E-state index in [1.54, 1.807) is 0 Å². The molecule has 24 heavy (non-hydrogen) atoms. The molecule has 0 bridgehead atoms. The first-order valence-corrected chi connectivity index (χ1v) is 12.3. The van der Waals surface area contributed by atoms with Crippen molar-refractivity contribution in [3.05, 3.63) is 35.9 Å². The molecule has 0 aromatic heterocycles. The van der Waals surface area contributed by atoms with Crippen molar-refractivity contribution in [1.82, 2.24) is 10.2 Å². The Hall–Kier alpha value is -0.683. The van der Waals surface area contributed by atoms with Crippen LogP contribution in [0.3, 0.4) is 0 Å². The van der Waals surface area contributed by atoms with Crippen LogP contribution in [0.15, 0.2) is 30.3 Å². The van der Waals surface area contributed by atoms with Crippen molar-refractivity contribution in [3.63, 3.8) is 0 Å². The van der Waals surface area contributed by atoms with Gasteiger partial charge in [0.1, 0.15) is 0 Å². The number of nitrogens with one attached hydrogen (secondary N) is 1. The molecule has 1 heterocycles. The molecule has 1 atom stereocenters. The van der Waals surface area contributed by atoms with Crippen LogP contribution in [0.5, 0.6) is 0 Å². The van der Waals surface area contributed by atoms with Gasteiger partial charge >= 0.3 is 0 Å². The summed E-state index contributed by atoms with van der Waals surface area (Å²) in [6.07, 6.45) is 2.36. The maximum Gasteiger partial charge on any atom is 0.191 e. The second kappa shape index (κ2) is 8.61. The Morgan fingerprint density at radius 1 is 1.21 bits per heavy atom. The van der Waals surface area contributed by atoms with Crippen LogP contribution in [0, 0.1) is 0 Å². The second-order valence-electron chi connectivity index (χ2n) is 8.62. The monoisotopic (exact) mass is 348 g/mol. The minimum Gasteiger partial charge on any atom is -0.417 e. The molecule has 1 N–H and O–H groups in total. The first kappa shape index (κ1) is 19.6. The molecule has 136 valence electrons. The standard InChI is InChI=1S/C20H36N2OSi/c1-20(2,3)24(4,5)23-15-9-12-19-17-22(14-13-21-19)16-18-10-7-6-8-11-18/h6-8,10-11,19,21H,9,12-17H2,1-5H3. The minimum atomic E-state index is -1.59. The van der Waals surface area contributed by atoms with Gasteiger partial charge in [0.2, 0.25) is 0 Å². The molecule has 1 unspecified atom stereocenters. The predicted octanol–water partition coefficient (Wildman–Crippen LogP) is 4.26. The molecule has 3 nitrogen and oxygen atoms in total. The van der Waals surface area contributed by atoms with E-state index in [1.807, 2.05) is 0 Å². The first-order chi connectivity index (χ1) is 11.3. The molecule has 0 radical (unpaired) electrons. The molecule has 1 fully saturated rings. The molecular weight excluding hydrogens is 312 g/mol. The van der Waals surface area contributed by atoms with Crippen molar-refractivity contribution in [2.45, 2.75) is 64.3 Å². The van der Waals surface area contributed by atoms with Crippen molar-refractivity contribution in [1.29, 1.82) is 0 Å². The highest BCUT2D eigenvalue weighted by atomic mass is 28.4. The highest BCUT2D eigenvalue weighted by Gasteiger charge is 2.36. The van der Waals surface area contributed by atoms with Crippen molar-refractivity contribution in [2.24, 2.45) is 0 Å². The summed E-state index contributed by atoms with van der Waals surface area (Å²) in [5.41, 5.74) is 1.42. The summed E-state index contributed by atoms with van der Waals surface area (Å²) in [5, 5.41) is 3.98. The average molecular weight is 349 g/mol. The molecule has 0 aliphatic carbocycles. The SMILES string of the molecule is CC(C)(C)[Si](C)(C)OCCCC1CN(Cc2ccccc2)CCN1. The van der Waals surface area contributed by atoms with E-state index < -0.39 is 8.32 Å². The Kier molecular flexibility index (Phi) is 7.05. The normalized spacial score (nSPS) is 20.3. The fraction of sp³-hybridized carbons (Fsp3) is 0.700. The van der Waals surface area contributed by atoms with E-state index in [9.17, 15) is 0 Å². The van der Waals surface area contributed by atoms with Crippen LogP contribution in [0.25, 0.3) is 0 Å². The van der Waals surface area contributed by atoms with Gasteiger partial charge in [-0.2, -0.15) is 0 Å². The van der Waals surface area contributed by atoms with Crippen LogP contribution in [0.1, 0.15) is 39.2 Å². The Morgan fingerprint density at radius 2 is 1.92 bits per heavy atom. The second-order valence-corrected chi connectivity index (χ2v) is 13.4. The summed E-state index contributed by atoms with van der Waals surface area (Å²) in [5.74, 6) is 0. The van der Waals surface area contributed by atoms with Crippen molar-refractivity contribution in [3.8, 4) is 0 Å². The number of hydrogen-bond acceptors (Lipinski definition) is 3. The minimum absolute atomic E-state index is 0.308. The van der Waals surface area contributed by atoms with Crippen LogP contribution in [0.4, 0.5) is 0 Å². The van der Waals surface area contributed by atoms with Gasteiger partial charge in [-0.05, 0) is 36.5 Å². The van der Waals surface area contributed by atoms with Gasteiger partial charge in [-0.1, -0.05) is 51.1 Å². The Morgan fingerprint density at radius 3 is 2.58 bits per heavy atom. The Balaban J connectivity index is 1.70. The lowest BCUT2D eigenvalue weighted by Gasteiger charge is -2.37. The van der Waals surface area contributed by atoms with Crippen molar-refractivity contribution in [2.75, 3.05) is 26.2 Å². The fourth-order valence-corrected chi connectivity index (χ4v) is 4.03. The van der Waals surface area contributed by atoms with Gasteiger partial charge in [-0.25, -0.2) is 0 Å². The first-order valence-electron chi connectivity index (χ1n) is 9.41. The van der Waals surface area contributed by atoms with E-state index in [-0.39, 0.29) is 0 Å². The zero-order valence-electron chi connectivity index (χ0n) is 16.3. The number of benzene rings is 1. The molecule has 4 heteroatoms. The highest BCUT2D eigenvalue weighted by Crippen LogP contribution is 2.36. The number of piperazine rings is 1. The summed E-state index contributed by atoms with van der Waals surface area (Å²) in [4.78, 5) is 2.57. The number of rotatable bonds is 7. The molecule has 1 aromatic rings. The third kappa shape index (κ3) is 5.99. The molecule has 1 aromatic carbocycles. The largest absolute Gasteiger partial charge is 0.417 e. The van der Waals surface area contributed by atoms with E-state index in [4.69, 9.17) is 4.43 Å². The summed E-state index contributed by atoms with van der Waals surface area (Å²) >= 11 is 0. The fourth-order valence-electron chi connectivity index (χ4n) is 2.95. The third-order valence-electron chi connectivity index (χ3n) is 5.55. The summed E-state index contributed by atoms with van der Waals surface area (Å²) in [7, 11) is -1.59. The lowest BCUT2D eigenvalue weighted by Crippen LogP contribution is -2.50. The van der Waals surface area contributed by atoms with Crippen LogP contribution < -0.4 is 5.32 Å². The summed E-state index contributed by atoms with van der Waals surface area (Å²) < 4.78 is 6.30. The van der Waals surface area contributed by atoms with Gasteiger partial charge in [0.15, 0.2) is 8.32 Å². The average Bonchev–Trinajstić information content (AvgIpc) is 2.52. The maximum atomic E-state index is 6.30. The van der Waals surface area contributed by atoms with Gasteiger partial charge in [0.05, 0.1) is 0 Å². The summed E-state index contributed by atoms with van der Waals surface area (Å²) in [6.45, 7) is 17.0. The van der Waals surface area contributed by atoms with E-state index in [2.05, 4.69) is 74.4 Å². The smallest absolute Gasteiger partial charge is 0.191 e. The van der Waals surface area contributed by atoms with Crippen molar-refractivity contribution < 1.29 is 4.43 Å². The highest BCUT2D eigenvalue weighted by molar-refractivity contribution is 6.74. The lowest BCUT2D eigenvalue weighted by molar-refractivity contribution is 0.179. The third-order valence-corrected chi connectivity index (χ3v) is 10.1. The van der Waals surface area contributed by atoms with Crippen LogP contribution in [-0.2, 0) is 11.0 Å². The van der Waals surface area contributed by atoms with E-state index >= 15 is 0 Å². The zero-order valence-corrected chi connectivity index (χ0v) is 17.3. The van der Waals surface area contributed by atoms with E-state index in [0.717, 1.165) is 39.2 Å². The number of hydrogen-bond donors (Lipinski definition) is 1. The van der Waals surface area contributed by atoms with Crippen molar-refractivity contribution >= 4 is 8.32 Å². The van der Waals surface area contributed by atoms with Gasteiger partial charge in [-0.3, -0.25) is 4.90 Å². The van der Waals surface area contributed by atoms with Gasteiger partial charge in [0, 0.05) is 38.8 Å². The van der Waals surface area contributed by atoms with Crippen LogP contribution in [-0.4, -0.2) is 45.5 Å². The molecular formula is C20H36N2OSi. The van der Waals surface area contributed by atoms with E-state index in [1.165, 1.54) is 12.0 Å². The van der Waals surface area contributed by atoms with Gasteiger partial charge in [-0.15, -0.1) is 0 Å². The van der Waals surface area contributed by atoms with Crippen LogP contribution in [0.2, 0.25) is 18.1 Å². The Labute approximate surface area is 149 Å². The Bertz CT molecular complexity index is 484. The molecule has 1 aliphatic rings. The lowest BCUT2D eigenvalue weighted by atomic mass is 10.1. The topological polar surface area (TPSA) is 24.5 Å². The molecule has 0 saturated carbocycles. The molecule has 0 spiro atoms. The maximum absolute atomic E-state index is 6.30. The van der Waals surface area contributed by atoms with Gasteiger partial charge in [0.25, 0.3) is 0 Å². The zero-order chi connectivity index (χ0) is 17.6. The van der Waals surface area contributed by atoms with E-state index in [0.29, 0.717) is 11.1 Å². The number of nitrogens with zero attached hydrogens (tertiary/aromatic N) is 1. The quantitative estimate of drug-likeness (QED) is 0.588. The molecule has 1 saturated heterocycles. The van der Waals surface area contributed by atoms with Gasteiger partial charge < -0.3 is 9.74 Å². The molecule has 1 aliphatic heterocycles. The molecule has 0 amide bonds. The predicted molar refractivity (Wildman–Crippen MR) is 106 cm³/mol. The molecule has 2 rings (SSSR count). The summed E-state index contributed by atoms with van der Waals surface area (Å²) in [6, 6.07) is 11.4.